The molecule has 0 radical (unpaired) electrons. The maximum Gasteiger partial charge on any atom is 0.229 e. The second kappa shape index (κ2) is 4.29. The molecule has 4 nitrogen and oxygen atoms in total. The molecule has 17 heavy (non-hydrogen) atoms. The van der Waals surface area contributed by atoms with Gasteiger partial charge in [0.2, 0.25) is 5.91 Å². The van der Waals surface area contributed by atoms with E-state index in [1.54, 1.807) is 0 Å². The Morgan fingerprint density at radius 2 is 2.00 bits per heavy atom. The van der Waals surface area contributed by atoms with E-state index in [4.69, 9.17) is 0 Å². The van der Waals surface area contributed by atoms with Crippen LogP contribution in [0.25, 0.3) is 0 Å². The van der Waals surface area contributed by atoms with Crippen LogP contribution in [0.15, 0.2) is 12.1 Å². The molecule has 1 atom stereocenters. The predicted molar refractivity (Wildman–Crippen MR) is 55.9 cm³/mol. The van der Waals surface area contributed by atoms with Gasteiger partial charge < -0.3 is 14.7 Å². The number of nitrogens with zero attached hydrogens (tertiary/aromatic N) is 1. The Kier molecular flexibility index (Phi) is 2.97. The summed E-state index contributed by atoms with van der Waals surface area (Å²) in [6.45, 7) is 0.0457. The van der Waals surface area contributed by atoms with Gasteiger partial charge in [-0.2, -0.15) is 0 Å². The molecule has 1 N–H and O–H groups in total. The molecular formula is C11H11F2NO3. The van der Waals surface area contributed by atoms with Crippen molar-refractivity contribution in [2.24, 2.45) is 0 Å². The number of anilines is 1. The number of benzene rings is 1. The summed E-state index contributed by atoms with van der Waals surface area (Å²) in [5.41, 5.74) is 0.0855. The van der Waals surface area contributed by atoms with Crippen molar-refractivity contribution >= 4 is 11.6 Å². The van der Waals surface area contributed by atoms with Crippen molar-refractivity contribution in [2.45, 2.75) is 12.5 Å². The van der Waals surface area contributed by atoms with Crippen LogP contribution >= 0.6 is 0 Å². The zero-order valence-corrected chi connectivity index (χ0v) is 9.11. The number of aliphatic hydroxyl groups is 1. The normalized spacial score (nSPS) is 19.9. The van der Waals surface area contributed by atoms with E-state index < -0.39 is 23.5 Å². The summed E-state index contributed by atoms with van der Waals surface area (Å²) >= 11 is 0. The molecule has 0 spiro atoms. The molecule has 1 aliphatic rings. The summed E-state index contributed by atoms with van der Waals surface area (Å²) in [6.07, 6.45) is -0.828. The minimum Gasteiger partial charge on any atom is -0.491 e. The van der Waals surface area contributed by atoms with Gasteiger partial charge in [0.15, 0.2) is 17.4 Å². The predicted octanol–water partition coefficient (Wildman–Crippen LogP) is 1.07. The van der Waals surface area contributed by atoms with E-state index in [0.29, 0.717) is 0 Å². The molecule has 1 saturated heterocycles. The highest BCUT2D eigenvalue weighted by Crippen LogP contribution is 2.29. The topological polar surface area (TPSA) is 49.8 Å². The molecule has 2 rings (SSSR count). The van der Waals surface area contributed by atoms with Gasteiger partial charge in [-0.1, -0.05) is 0 Å². The van der Waals surface area contributed by atoms with Crippen molar-refractivity contribution in [3.63, 3.8) is 0 Å². The molecule has 0 aromatic heterocycles. The Morgan fingerprint density at radius 3 is 2.41 bits per heavy atom. The van der Waals surface area contributed by atoms with Crippen molar-refractivity contribution in [1.29, 1.82) is 0 Å². The molecule has 92 valence electrons. The SMILES string of the molecule is COc1c(F)cc(N2CC(O)CC2=O)cc1F. The summed E-state index contributed by atoms with van der Waals surface area (Å²) in [5.74, 6) is -2.60. The van der Waals surface area contributed by atoms with Gasteiger partial charge in [-0.15, -0.1) is 0 Å². The molecular weight excluding hydrogens is 232 g/mol. The average Bonchev–Trinajstić information content (AvgIpc) is 2.57. The van der Waals surface area contributed by atoms with Crippen LogP contribution in [0.2, 0.25) is 0 Å². The van der Waals surface area contributed by atoms with E-state index >= 15 is 0 Å². The number of ether oxygens (including phenoxy) is 1. The summed E-state index contributed by atoms with van der Waals surface area (Å²) in [5, 5.41) is 9.30. The number of β-amino-alcohol motifs (C(OH)–C–C–N with tert-alkyl or cyclic N) is 1. The Labute approximate surface area is 96.4 Å². The minimum absolute atomic E-state index is 0.0325. The van der Waals surface area contributed by atoms with Crippen LogP contribution in [0, 0.1) is 11.6 Å². The van der Waals surface area contributed by atoms with Crippen LogP contribution in [0.4, 0.5) is 14.5 Å². The largest absolute Gasteiger partial charge is 0.491 e. The lowest BCUT2D eigenvalue weighted by molar-refractivity contribution is -0.117. The highest BCUT2D eigenvalue weighted by atomic mass is 19.1. The number of amides is 1. The summed E-state index contributed by atoms with van der Waals surface area (Å²) < 4.78 is 31.4. The Balaban J connectivity index is 2.37. The lowest BCUT2D eigenvalue weighted by Gasteiger charge is -2.17. The quantitative estimate of drug-likeness (QED) is 0.845. The summed E-state index contributed by atoms with van der Waals surface area (Å²) in [6, 6.07) is 2.02. The standard InChI is InChI=1S/C11H11F2NO3/c1-17-11-8(12)2-6(3-9(11)13)14-5-7(15)4-10(14)16/h2-3,7,15H,4-5H2,1H3. The molecule has 0 bridgehead atoms. The number of rotatable bonds is 2. The van der Waals surface area contributed by atoms with Gasteiger partial charge in [0, 0.05) is 17.8 Å². The molecule has 1 fully saturated rings. The van der Waals surface area contributed by atoms with Crippen molar-refractivity contribution in [2.75, 3.05) is 18.6 Å². The number of aliphatic hydroxyl groups excluding tert-OH is 1. The van der Waals surface area contributed by atoms with Crippen molar-refractivity contribution < 1.29 is 23.4 Å². The van der Waals surface area contributed by atoms with E-state index in [1.165, 1.54) is 0 Å². The second-order valence-corrected chi connectivity index (χ2v) is 3.80. The third-order valence-electron chi connectivity index (χ3n) is 2.60. The van der Waals surface area contributed by atoms with Gasteiger partial charge in [-0.3, -0.25) is 4.79 Å². The molecule has 1 amide bonds. The molecule has 1 heterocycles. The lowest BCUT2D eigenvalue weighted by atomic mass is 10.2. The fourth-order valence-corrected chi connectivity index (χ4v) is 1.84. The molecule has 0 saturated carbocycles. The van der Waals surface area contributed by atoms with E-state index in [0.717, 1.165) is 24.1 Å². The summed E-state index contributed by atoms with van der Waals surface area (Å²) in [7, 11) is 1.16. The van der Waals surface area contributed by atoms with Crippen LogP contribution in [0.3, 0.4) is 0 Å². The monoisotopic (exact) mass is 243 g/mol. The van der Waals surface area contributed by atoms with E-state index in [2.05, 4.69) is 4.74 Å². The highest BCUT2D eigenvalue weighted by Gasteiger charge is 2.30. The van der Waals surface area contributed by atoms with E-state index in [-0.39, 0.29) is 24.6 Å². The van der Waals surface area contributed by atoms with Crippen LogP contribution in [0.1, 0.15) is 6.42 Å². The maximum atomic E-state index is 13.4. The Hall–Kier alpha value is -1.69. The molecule has 6 heteroatoms. The van der Waals surface area contributed by atoms with Gasteiger partial charge in [0.1, 0.15) is 0 Å². The first-order valence-electron chi connectivity index (χ1n) is 5.04. The number of hydrogen-bond acceptors (Lipinski definition) is 3. The minimum atomic E-state index is -0.878. The zero-order chi connectivity index (χ0) is 12.6. The smallest absolute Gasteiger partial charge is 0.229 e. The van der Waals surface area contributed by atoms with Gasteiger partial charge in [-0.05, 0) is 0 Å². The van der Waals surface area contributed by atoms with Crippen LogP contribution < -0.4 is 9.64 Å². The van der Waals surface area contributed by atoms with Gasteiger partial charge >= 0.3 is 0 Å². The third kappa shape index (κ3) is 2.08. The maximum absolute atomic E-state index is 13.4. The first kappa shape index (κ1) is 11.8. The van der Waals surface area contributed by atoms with Crippen LogP contribution in [-0.2, 0) is 4.79 Å². The fraction of sp³-hybridized carbons (Fsp3) is 0.364. The number of hydrogen-bond donors (Lipinski definition) is 1. The average molecular weight is 243 g/mol. The molecule has 1 aliphatic heterocycles. The van der Waals surface area contributed by atoms with Crippen LogP contribution in [-0.4, -0.2) is 30.8 Å². The van der Waals surface area contributed by atoms with Crippen molar-refractivity contribution in [3.8, 4) is 5.75 Å². The first-order chi connectivity index (χ1) is 8.02. The summed E-state index contributed by atoms with van der Waals surface area (Å²) in [4.78, 5) is 12.6. The third-order valence-corrected chi connectivity index (χ3v) is 2.60. The van der Waals surface area contributed by atoms with E-state index in [9.17, 15) is 18.7 Å². The van der Waals surface area contributed by atoms with Crippen molar-refractivity contribution in [3.05, 3.63) is 23.8 Å². The molecule has 1 aromatic carbocycles. The number of methoxy groups -OCH3 is 1. The molecule has 0 aliphatic carbocycles. The lowest BCUT2D eigenvalue weighted by Crippen LogP contribution is -2.25. The fourth-order valence-electron chi connectivity index (χ4n) is 1.84. The van der Waals surface area contributed by atoms with Crippen LogP contribution in [0.5, 0.6) is 5.75 Å². The number of carbonyl (C=O) groups excluding carboxylic acids is 1. The van der Waals surface area contributed by atoms with Crippen molar-refractivity contribution in [1.82, 2.24) is 0 Å². The van der Waals surface area contributed by atoms with Gasteiger partial charge in [0.05, 0.1) is 26.2 Å². The first-order valence-corrected chi connectivity index (χ1v) is 5.04. The second-order valence-electron chi connectivity index (χ2n) is 3.80. The van der Waals surface area contributed by atoms with Gasteiger partial charge in [-0.25, -0.2) is 8.78 Å². The highest BCUT2D eigenvalue weighted by molar-refractivity contribution is 5.96. The number of halogens is 2. The Morgan fingerprint density at radius 1 is 1.41 bits per heavy atom. The zero-order valence-electron chi connectivity index (χ0n) is 9.11. The Bertz CT molecular complexity index is 441. The molecule has 1 aromatic rings. The van der Waals surface area contributed by atoms with Gasteiger partial charge in [0.25, 0.3) is 0 Å². The van der Waals surface area contributed by atoms with E-state index in [1.807, 2.05) is 0 Å². The molecule has 1 unspecified atom stereocenters. The number of carbonyl (C=O) groups is 1.